The van der Waals surface area contributed by atoms with Gasteiger partial charge in [0.2, 0.25) is 0 Å². The molecule has 0 unspecified atom stereocenters. The van der Waals surface area contributed by atoms with Crippen molar-refractivity contribution in [3.63, 3.8) is 0 Å². The third-order valence-corrected chi connectivity index (χ3v) is 4.03. The van der Waals surface area contributed by atoms with E-state index in [2.05, 4.69) is 63.7 Å². The fourth-order valence-corrected chi connectivity index (χ4v) is 2.73. The Hall–Kier alpha value is -2.89. The van der Waals surface area contributed by atoms with Crippen LogP contribution < -0.4 is 9.64 Å². The molecule has 6 nitrogen and oxygen atoms in total. The first-order chi connectivity index (χ1) is 12.3. The molecule has 0 bridgehead atoms. The van der Waals surface area contributed by atoms with Crippen LogP contribution in [0.1, 0.15) is 24.7 Å². The average Bonchev–Trinajstić information content (AvgIpc) is 3.09. The summed E-state index contributed by atoms with van der Waals surface area (Å²) in [6.45, 7) is 4.38. The van der Waals surface area contributed by atoms with Crippen molar-refractivity contribution in [1.29, 1.82) is 0 Å². The van der Waals surface area contributed by atoms with Gasteiger partial charge in [0.15, 0.2) is 5.82 Å². The second kappa shape index (κ2) is 8.28. The summed E-state index contributed by atoms with van der Waals surface area (Å²) in [7, 11) is 1.68. The molecule has 3 aromatic rings. The zero-order chi connectivity index (χ0) is 17.5. The number of hydrogen-bond acceptors (Lipinski definition) is 5. The summed E-state index contributed by atoms with van der Waals surface area (Å²) in [4.78, 5) is 2.27. The van der Waals surface area contributed by atoms with Crippen LogP contribution in [-0.2, 0) is 19.6 Å². The number of tetrazole rings is 1. The van der Waals surface area contributed by atoms with Crippen LogP contribution >= 0.6 is 0 Å². The number of anilines is 1. The molecule has 6 heteroatoms. The van der Waals surface area contributed by atoms with Crippen LogP contribution in [0.15, 0.2) is 54.6 Å². The summed E-state index contributed by atoms with van der Waals surface area (Å²) < 4.78 is 7.15. The number of aryl methyl sites for hydroxylation is 1. The lowest BCUT2D eigenvalue weighted by Crippen LogP contribution is -2.24. The summed E-state index contributed by atoms with van der Waals surface area (Å²) in [6.07, 6.45) is 0.999. The molecule has 0 fully saturated rings. The van der Waals surface area contributed by atoms with E-state index in [1.54, 1.807) is 7.11 Å². The third kappa shape index (κ3) is 4.35. The summed E-state index contributed by atoms with van der Waals surface area (Å²) in [5.74, 6) is 1.72. The van der Waals surface area contributed by atoms with Gasteiger partial charge in [0.1, 0.15) is 5.75 Å². The van der Waals surface area contributed by atoms with E-state index >= 15 is 0 Å². The van der Waals surface area contributed by atoms with Gasteiger partial charge in [0, 0.05) is 18.8 Å². The molecule has 0 radical (unpaired) electrons. The zero-order valence-corrected chi connectivity index (χ0v) is 14.7. The smallest absolute Gasteiger partial charge is 0.170 e. The average molecular weight is 337 g/mol. The van der Waals surface area contributed by atoms with Gasteiger partial charge < -0.3 is 9.64 Å². The number of nitrogens with zero attached hydrogens (tertiary/aromatic N) is 5. The quantitative estimate of drug-likeness (QED) is 0.631. The molecule has 0 amide bonds. The van der Waals surface area contributed by atoms with Crippen LogP contribution in [0.2, 0.25) is 0 Å². The van der Waals surface area contributed by atoms with Gasteiger partial charge >= 0.3 is 0 Å². The van der Waals surface area contributed by atoms with Crippen molar-refractivity contribution in [2.75, 3.05) is 12.0 Å². The van der Waals surface area contributed by atoms with Crippen molar-refractivity contribution in [2.45, 2.75) is 33.0 Å². The highest BCUT2D eigenvalue weighted by Gasteiger charge is 2.13. The molecule has 3 rings (SSSR count). The molecular weight excluding hydrogens is 314 g/mol. The Morgan fingerprint density at radius 2 is 1.76 bits per heavy atom. The molecule has 0 N–H and O–H groups in total. The Morgan fingerprint density at radius 1 is 1.00 bits per heavy atom. The van der Waals surface area contributed by atoms with Gasteiger partial charge in [-0.15, -0.1) is 5.10 Å². The number of hydrogen-bond donors (Lipinski definition) is 0. The first-order valence-corrected chi connectivity index (χ1v) is 8.48. The van der Waals surface area contributed by atoms with Crippen LogP contribution in [-0.4, -0.2) is 27.3 Å². The minimum Gasteiger partial charge on any atom is -0.497 e. The number of aromatic nitrogens is 4. The summed E-state index contributed by atoms with van der Waals surface area (Å²) in [5.41, 5.74) is 2.35. The molecule has 2 aromatic carbocycles. The van der Waals surface area contributed by atoms with E-state index in [0.717, 1.165) is 36.8 Å². The first kappa shape index (κ1) is 17.0. The Bertz CT molecular complexity index is 770. The Morgan fingerprint density at radius 3 is 2.44 bits per heavy atom. The van der Waals surface area contributed by atoms with E-state index in [4.69, 9.17) is 4.74 Å². The minimum absolute atomic E-state index is 0.647. The maximum atomic E-state index is 5.27. The molecule has 0 saturated carbocycles. The first-order valence-electron chi connectivity index (χ1n) is 8.48. The lowest BCUT2D eigenvalue weighted by molar-refractivity contribution is 0.415. The topological polar surface area (TPSA) is 56.1 Å². The van der Waals surface area contributed by atoms with Crippen LogP contribution in [0.3, 0.4) is 0 Å². The van der Waals surface area contributed by atoms with Gasteiger partial charge in [-0.1, -0.05) is 37.3 Å². The summed E-state index contributed by atoms with van der Waals surface area (Å²) >= 11 is 0. The van der Waals surface area contributed by atoms with E-state index in [1.807, 2.05) is 22.9 Å². The Balaban J connectivity index is 1.86. The van der Waals surface area contributed by atoms with Crippen molar-refractivity contribution in [3.05, 3.63) is 66.0 Å². The highest BCUT2D eigenvalue weighted by atomic mass is 16.5. The minimum atomic E-state index is 0.647. The molecule has 1 aromatic heterocycles. The maximum absolute atomic E-state index is 5.27. The Labute approximate surface area is 148 Å². The highest BCUT2D eigenvalue weighted by Crippen LogP contribution is 2.22. The van der Waals surface area contributed by atoms with Gasteiger partial charge in [0.05, 0.1) is 13.7 Å². The van der Waals surface area contributed by atoms with Gasteiger partial charge in [-0.25, -0.2) is 4.68 Å². The van der Waals surface area contributed by atoms with Crippen LogP contribution in [0.25, 0.3) is 0 Å². The number of rotatable bonds is 8. The van der Waals surface area contributed by atoms with E-state index < -0.39 is 0 Å². The van der Waals surface area contributed by atoms with E-state index in [-0.39, 0.29) is 0 Å². The van der Waals surface area contributed by atoms with E-state index in [0.29, 0.717) is 6.54 Å². The number of methoxy groups -OCH3 is 1. The van der Waals surface area contributed by atoms with E-state index in [1.165, 1.54) is 5.56 Å². The monoisotopic (exact) mass is 337 g/mol. The predicted molar refractivity (Wildman–Crippen MR) is 97.4 cm³/mol. The van der Waals surface area contributed by atoms with Crippen molar-refractivity contribution >= 4 is 5.69 Å². The molecule has 0 atom stereocenters. The molecule has 130 valence electrons. The number of ether oxygens (including phenoxy) is 1. The van der Waals surface area contributed by atoms with Gasteiger partial charge in [-0.05, 0) is 46.7 Å². The molecule has 25 heavy (non-hydrogen) atoms. The van der Waals surface area contributed by atoms with Gasteiger partial charge in [-0.2, -0.15) is 0 Å². The standard InChI is InChI=1S/C19H23N5O/c1-3-13-24-19(20-21-22-24)15-23(14-16-7-5-4-6-8-16)17-9-11-18(25-2)12-10-17/h4-12H,3,13-15H2,1-2H3. The largest absolute Gasteiger partial charge is 0.497 e. The van der Waals surface area contributed by atoms with Crippen LogP contribution in [0.4, 0.5) is 5.69 Å². The van der Waals surface area contributed by atoms with E-state index in [9.17, 15) is 0 Å². The van der Waals surface area contributed by atoms with Crippen molar-refractivity contribution < 1.29 is 4.74 Å². The number of benzene rings is 2. The zero-order valence-electron chi connectivity index (χ0n) is 14.7. The molecule has 0 aliphatic carbocycles. The molecule has 0 saturated heterocycles. The molecule has 1 heterocycles. The third-order valence-electron chi connectivity index (χ3n) is 4.03. The molecule has 0 spiro atoms. The molecule has 0 aliphatic rings. The lowest BCUT2D eigenvalue weighted by atomic mass is 10.2. The lowest BCUT2D eigenvalue weighted by Gasteiger charge is -2.24. The highest BCUT2D eigenvalue weighted by molar-refractivity contribution is 5.49. The predicted octanol–water partition coefficient (Wildman–Crippen LogP) is 3.30. The fourth-order valence-electron chi connectivity index (χ4n) is 2.73. The van der Waals surface area contributed by atoms with Crippen LogP contribution in [0, 0.1) is 0 Å². The van der Waals surface area contributed by atoms with Crippen molar-refractivity contribution in [1.82, 2.24) is 20.2 Å². The van der Waals surface area contributed by atoms with Crippen molar-refractivity contribution in [3.8, 4) is 5.75 Å². The maximum Gasteiger partial charge on any atom is 0.170 e. The molecule has 0 aliphatic heterocycles. The van der Waals surface area contributed by atoms with Gasteiger partial charge in [-0.3, -0.25) is 0 Å². The molecular formula is C19H23N5O. The summed E-state index contributed by atoms with van der Waals surface area (Å²) in [5, 5.41) is 12.1. The fraction of sp³-hybridized carbons (Fsp3) is 0.316. The Kier molecular flexibility index (Phi) is 5.61. The van der Waals surface area contributed by atoms with Crippen LogP contribution in [0.5, 0.6) is 5.75 Å². The van der Waals surface area contributed by atoms with Crippen molar-refractivity contribution in [2.24, 2.45) is 0 Å². The summed E-state index contributed by atoms with van der Waals surface area (Å²) in [6, 6.07) is 18.5. The second-order valence-corrected chi connectivity index (χ2v) is 5.86. The second-order valence-electron chi connectivity index (χ2n) is 5.86. The van der Waals surface area contributed by atoms with Gasteiger partial charge in [0.25, 0.3) is 0 Å². The normalized spacial score (nSPS) is 10.6. The SMILES string of the molecule is CCCn1nnnc1CN(Cc1ccccc1)c1ccc(OC)cc1.